The van der Waals surface area contributed by atoms with Gasteiger partial charge in [-0.15, -0.1) is 0 Å². The van der Waals surface area contributed by atoms with Crippen LogP contribution < -0.4 is 20.3 Å². The fourth-order valence-corrected chi connectivity index (χ4v) is 4.12. The number of anilines is 2. The van der Waals surface area contributed by atoms with Crippen molar-refractivity contribution in [3.05, 3.63) is 54.3 Å². The molecule has 4 rings (SSSR count). The van der Waals surface area contributed by atoms with Gasteiger partial charge in [0.25, 0.3) is 0 Å². The molecule has 7 nitrogen and oxygen atoms in total. The lowest BCUT2D eigenvalue weighted by molar-refractivity contribution is -0.121. The molecule has 0 bridgehead atoms. The molecule has 0 aliphatic carbocycles. The second-order valence-corrected chi connectivity index (χ2v) is 8.27. The first-order valence-electron chi connectivity index (χ1n) is 11.0. The summed E-state index contributed by atoms with van der Waals surface area (Å²) < 4.78 is 10.7. The van der Waals surface area contributed by atoms with Crippen LogP contribution in [0.25, 0.3) is 11.0 Å². The number of nitrogens with zero attached hydrogens (tertiary/aromatic N) is 1. The predicted molar refractivity (Wildman–Crippen MR) is 125 cm³/mol. The van der Waals surface area contributed by atoms with E-state index in [0.717, 1.165) is 35.4 Å². The number of hydrogen-bond acceptors (Lipinski definition) is 5. The van der Waals surface area contributed by atoms with E-state index >= 15 is 0 Å². The number of hydrogen-bond donors (Lipinski definition) is 2. The van der Waals surface area contributed by atoms with E-state index < -0.39 is 0 Å². The molecule has 3 aromatic rings. The summed E-state index contributed by atoms with van der Waals surface area (Å²) in [6.45, 7) is 3.94. The largest absolute Gasteiger partial charge is 0.497 e. The Morgan fingerprint density at radius 2 is 1.94 bits per heavy atom. The molecule has 1 fully saturated rings. The Kier molecular flexibility index (Phi) is 6.63. The molecule has 0 radical (unpaired) electrons. The van der Waals surface area contributed by atoms with Crippen molar-refractivity contribution in [3.63, 3.8) is 0 Å². The molecule has 2 aromatic carbocycles. The predicted octanol–water partition coefficient (Wildman–Crippen LogP) is 4.12. The van der Waals surface area contributed by atoms with Gasteiger partial charge in [0.2, 0.25) is 11.8 Å². The van der Waals surface area contributed by atoms with E-state index in [0.29, 0.717) is 11.3 Å². The fraction of sp³-hybridized carbons (Fsp3) is 0.360. The molecule has 1 saturated heterocycles. The lowest BCUT2D eigenvalue weighted by Crippen LogP contribution is -2.36. The highest BCUT2D eigenvalue weighted by Crippen LogP contribution is 2.26. The standard InChI is InChI=1S/C25H29N3O4/c1-17(12-24(29)27-19-6-5-7-20(14-19)28-10-3-4-11-28)26-25(30)13-18-16-32-23-15-21(31-2)8-9-22(18)23/h5-9,14-17H,3-4,10-13H2,1-2H3,(H,26,30)(H,27,29). The van der Waals surface area contributed by atoms with E-state index in [2.05, 4.69) is 21.6 Å². The van der Waals surface area contributed by atoms with Crippen molar-refractivity contribution >= 4 is 34.2 Å². The van der Waals surface area contributed by atoms with Crippen LogP contribution in [0.4, 0.5) is 11.4 Å². The first-order valence-corrected chi connectivity index (χ1v) is 11.0. The summed E-state index contributed by atoms with van der Waals surface area (Å²) in [5, 5.41) is 6.73. The zero-order chi connectivity index (χ0) is 22.5. The molecule has 2 N–H and O–H groups in total. The fourth-order valence-electron chi connectivity index (χ4n) is 4.12. The molecule has 32 heavy (non-hydrogen) atoms. The second-order valence-electron chi connectivity index (χ2n) is 8.27. The van der Waals surface area contributed by atoms with Gasteiger partial charge in [0, 0.05) is 53.9 Å². The minimum atomic E-state index is -0.289. The summed E-state index contributed by atoms with van der Waals surface area (Å²) in [6.07, 6.45) is 4.38. The zero-order valence-electron chi connectivity index (χ0n) is 18.5. The smallest absolute Gasteiger partial charge is 0.226 e. The molecule has 0 spiro atoms. The van der Waals surface area contributed by atoms with Crippen molar-refractivity contribution in [1.82, 2.24) is 5.32 Å². The molecule has 1 atom stereocenters. The molecular formula is C25H29N3O4. The van der Waals surface area contributed by atoms with Crippen molar-refractivity contribution in [2.45, 2.75) is 38.6 Å². The Balaban J connectivity index is 1.29. The van der Waals surface area contributed by atoms with E-state index in [1.54, 1.807) is 19.4 Å². The van der Waals surface area contributed by atoms with Crippen molar-refractivity contribution in [3.8, 4) is 5.75 Å². The van der Waals surface area contributed by atoms with Crippen LogP contribution in [0.15, 0.2) is 53.1 Å². The van der Waals surface area contributed by atoms with Gasteiger partial charge in [-0.3, -0.25) is 9.59 Å². The van der Waals surface area contributed by atoms with Crippen LogP contribution in [-0.4, -0.2) is 38.1 Å². The molecule has 1 unspecified atom stereocenters. The number of furan rings is 1. The molecule has 1 aliphatic rings. The van der Waals surface area contributed by atoms with E-state index in [1.165, 1.54) is 12.8 Å². The van der Waals surface area contributed by atoms with Crippen LogP contribution in [0.5, 0.6) is 5.75 Å². The van der Waals surface area contributed by atoms with Gasteiger partial charge in [0.1, 0.15) is 11.3 Å². The number of amides is 2. The van der Waals surface area contributed by atoms with Crippen molar-refractivity contribution < 1.29 is 18.7 Å². The highest BCUT2D eigenvalue weighted by atomic mass is 16.5. The van der Waals surface area contributed by atoms with Crippen LogP contribution in [-0.2, 0) is 16.0 Å². The Labute approximate surface area is 187 Å². The first-order chi connectivity index (χ1) is 15.5. The van der Waals surface area contributed by atoms with Crippen molar-refractivity contribution in [2.24, 2.45) is 0 Å². The maximum atomic E-state index is 12.5. The van der Waals surface area contributed by atoms with E-state index in [1.807, 2.05) is 37.3 Å². The summed E-state index contributed by atoms with van der Waals surface area (Å²) in [7, 11) is 1.60. The Morgan fingerprint density at radius 3 is 2.72 bits per heavy atom. The number of rotatable bonds is 8. The third-order valence-corrected chi connectivity index (χ3v) is 5.71. The summed E-state index contributed by atoms with van der Waals surface area (Å²) in [4.78, 5) is 27.3. The molecular weight excluding hydrogens is 406 g/mol. The van der Waals surface area contributed by atoms with Crippen LogP contribution in [0.3, 0.4) is 0 Å². The van der Waals surface area contributed by atoms with Crippen molar-refractivity contribution in [2.75, 3.05) is 30.4 Å². The van der Waals surface area contributed by atoms with Crippen molar-refractivity contribution in [1.29, 1.82) is 0 Å². The number of benzene rings is 2. The zero-order valence-corrected chi connectivity index (χ0v) is 18.5. The second kappa shape index (κ2) is 9.77. The normalized spacial score (nSPS) is 14.4. The summed E-state index contributed by atoms with van der Waals surface area (Å²) in [5.74, 6) is 0.422. The lowest BCUT2D eigenvalue weighted by atomic mass is 10.1. The highest BCUT2D eigenvalue weighted by molar-refractivity contribution is 5.92. The summed E-state index contributed by atoms with van der Waals surface area (Å²) in [6, 6.07) is 13.1. The summed E-state index contributed by atoms with van der Waals surface area (Å²) in [5.41, 5.74) is 3.39. The number of methoxy groups -OCH3 is 1. The van der Waals surface area contributed by atoms with E-state index in [9.17, 15) is 9.59 Å². The Hall–Kier alpha value is -3.48. The number of nitrogens with one attached hydrogen (secondary N) is 2. The number of carbonyl (C=O) groups is 2. The SMILES string of the molecule is COc1ccc2c(CC(=O)NC(C)CC(=O)Nc3cccc(N4CCCC4)c3)coc2c1. The van der Waals surface area contributed by atoms with Gasteiger partial charge in [-0.1, -0.05) is 6.07 Å². The molecule has 0 saturated carbocycles. The van der Waals surface area contributed by atoms with Crippen LogP contribution in [0.1, 0.15) is 31.7 Å². The monoisotopic (exact) mass is 435 g/mol. The van der Waals surface area contributed by atoms with E-state index in [4.69, 9.17) is 9.15 Å². The van der Waals surface area contributed by atoms with Gasteiger partial charge in [-0.25, -0.2) is 0 Å². The van der Waals surface area contributed by atoms with Gasteiger partial charge in [0.15, 0.2) is 0 Å². The number of ether oxygens (including phenoxy) is 1. The molecule has 1 aromatic heterocycles. The van der Waals surface area contributed by atoms with Gasteiger partial charge in [-0.05, 0) is 50.1 Å². The van der Waals surface area contributed by atoms with Gasteiger partial charge >= 0.3 is 0 Å². The molecule has 1 aliphatic heterocycles. The minimum absolute atomic E-state index is 0.128. The third-order valence-electron chi connectivity index (χ3n) is 5.71. The molecule has 7 heteroatoms. The number of fused-ring (bicyclic) bond motifs is 1. The first kappa shape index (κ1) is 21.7. The molecule has 2 heterocycles. The van der Waals surface area contributed by atoms with Gasteiger partial charge in [0.05, 0.1) is 19.8 Å². The topological polar surface area (TPSA) is 83.8 Å². The quantitative estimate of drug-likeness (QED) is 0.556. The average Bonchev–Trinajstić information content (AvgIpc) is 3.44. The van der Waals surface area contributed by atoms with Crippen LogP contribution in [0.2, 0.25) is 0 Å². The van der Waals surface area contributed by atoms with Crippen LogP contribution >= 0.6 is 0 Å². The Morgan fingerprint density at radius 1 is 1.12 bits per heavy atom. The summed E-state index contributed by atoms with van der Waals surface area (Å²) >= 11 is 0. The van der Waals surface area contributed by atoms with E-state index in [-0.39, 0.29) is 30.7 Å². The van der Waals surface area contributed by atoms with Gasteiger partial charge in [-0.2, -0.15) is 0 Å². The highest BCUT2D eigenvalue weighted by Gasteiger charge is 2.16. The third kappa shape index (κ3) is 5.22. The molecule has 168 valence electrons. The maximum absolute atomic E-state index is 12.5. The van der Waals surface area contributed by atoms with Gasteiger partial charge < -0.3 is 24.7 Å². The molecule has 2 amide bonds. The number of carbonyl (C=O) groups excluding carboxylic acids is 2. The maximum Gasteiger partial charge on any atom is 0.226 e. The lowest BCUT2D eigenvalue weighted by Gasteiger charge is -2.19. The van der Waals surface area contributed by atoms with Crippen LogP contribution in [0, 0.1) is 0 Å². The Bertz CT molecular complexity index is 1100. The average molecular weight is 436 g/mol. The minimum Gasteiger partial charge on any atom is -0.497 e.